The third-order valence-electron chi connectivity index (χ3n) is 4.74. The minimum Gasteiger partial charge on any atom is -0.497 e. The lowest BCUT2D eigenvalue weighted by molar-refractivity contribution is -0.0382. The Labute approximate surface area is 130 Å². The molecule has 2 aliphatic rings. The molecule has 0 spiro atoms. The molecule has 4 nitrogen and oxygen atoms in total. The van der Waals surface area contributed by atoms with Crippen molar-refractivity contribution in [2.24, 2.45) is 5.92 Å². The first-order valence-electron chi connectivity index (χ1n) is 7.83. The van der Waals surface area contributed by atoms with E-state index in [2.05, 4.69) is 34.6 Å². The zero-order valence-electron chi connectivity index (χ0n) is 12.7. The van der Waals surface area contributed by atoms with Gasteiger partial charge < -0.3 is 14.8 Å². The first-order valence-corrected chi connectivity index (χ1v) is 7.83. The van der Waals surface area contributed by atoms with E-state index >= 15 is 0 Å². The molecule has 2 aromatic rings. The summed E-state index contributed by atoms with van der Waals surface area (Å²) in [5.74, 6) is 1.33. The van der Waals surface area contributed by atoms with Crippen LogP contribution in [0.1, 0.15) is 36.1 Å². The minimum absolute atomic E-state index is 0.137. The fourth-order valence-corrected chi connectivity index (χ4v) is 3.68. The van der Waals surface area contributed by atoms with Gasteiger partial charge in [-0.1, -0.05) is 0 Å². The van der Waals surface area contributed by atoms with Gasteiger partial charge in [-0.25, -0.2) is 0 Å². The average Bonchev–Trinajstić information content (AvgIpc) is 2.61. The Bertz CT molecular complexity index is 659. The first-order chi connectivity index (χ1) is 10.9. The summed E-state index contributed by atoms with van der Waals surface area (Å²) in [5.41, 5.74) is 3.64. The van der Waals surface area contributed by atoms with Crippen molar-refractivity contribution >= 4 is 5.69 Å². The van der Waals surface area contributed by atoms with Crippen molar-refractivity contribution in [3.05, 3.63) is 53.9 Å². The van der Waals surface area contributed by atoms with Gasteiger partial charge in [-0.3, -0.25) is 4.98 Å². The zero-order chi connectivity index (χ0) is 14.9. The number of benzene rings is 1. The summed E-state index contributed by atoms with van der Waals surface area (Å²) in [6.45, 7) is 0.834. The Balaban J connectivity index is 1.77. The van der Waals surface area contributed by atoms with Crippen LogP contribution < -0.4 is 10.1 Å². The third-order valence-corrected chi connectivity index (χ3v) is 4.74. The summed E-state index contributed by atoms with van der Waals surface area (Å²) < 4.78 is 11.5. The van der Waals surface area contributed by atoms with E-state index < -0.39 is 0 Å². The van der Waals surface area contributed by atoms with E-state index in [9.17, 15) is 0 Å². The highest BCUT2D eigenvalue weighted by atomic mass is 16.5. The quantitative estimate of drug-likeness (QED) is 0.917. The van der Waals surface area contributed by atoms with E-state index in [1.54, 1.807) is 7.11 Å². The molecule has 1 fully saturated rings. The highest BCUT2D eigenvalue weighted by molar-refractivity contribution is 5.59. The smallest absolute Gasteiger partial charge is 0.119 e. The summed E-state index contributed by atoms with van der Waals surface area (Å²) >= 11 is 0. The number of pyridine rings is 1. The molecule has 1 unspecified atom stereocenters. The van der Waals surface area contributed by atoms with E-state index in [1.165, 1.54) is 17.5 Å². The molecule has 0 radical (unpaired) electrons. The highest BCUT2D eigenvalue weighted by Crippen LogP contribution is 2.49. The number of aromatic nitrogens is 1. The standard InChI is InChI=1S/C18H20N2O2/c1-21-13-4-5-16-15(11-13)18-14(3-2-10-22-18)17(20-16)12-6-8-19-9-7-12/h4-9,11,14,17-18,20H,2-3,10H2,1H3/t14-,17?,18-/m0/s1. The summed E-state index contributed by atoms with van der Waals surface area (Å²) in [5, 5.41) is 3.70. The maximum absolute atomic E-state index is 6.15. The molecule has 114 valence electrons. The summed E-state index contributed by atoms with van der Waals surface area (Å²) in [7, 11) is 1.71. The molecule has 1 aromatic carbocycles. The number of methoxy groups -OCH3 is 1. The molecular weight excluding hydrogens is 276 g/mol. The van der Waals surface area contributed by atoms with Crippen LogP contribution in [-0.2, 0) is 4.74 Å². The monoisotopic (exact) mass is 296 g/mol. The van der Waals surface area contributed by atoms with E-state index in [-0.39, 0.29) is 12.1 Å². The summed E-state index contributed by atoms with van der Waals surface area (Å²) in [6, 6.07) is 10.7. The van der Waals surface area contributed by atoms with Gasteiger partial charge in [0.2, 0.25) is 0 Å². The fraction of sp³-hybridized carbons (Fsp3) is 0.389. The lowest BCUT2D eigenvalue weighted by Gasteiger charge is -2.43. The van der Waals surface area contributed by atoms with Crippen molar-refractivity contribution in [2.45, 2.75) is 25.0 Å². The molecule has 1 N–H and O–H groups in total. The van der Waals surface area contributed by atoms with Gasteiger partial charge in [0.25, 0.3) is 0 Å². The number of rotatable bonds is 2. The van der Waals surface area contributed by atoms with Crippen molar-refractivity contribution in [2.75, 3.05) is 19.0 Å². The lowest BCUT2D eigenvalue weighted by Crippen LogP contribution is -2.36. The Morgan fingerprint density at radius 2 is 2.09 bits per heavy atom. The van der Waals surface area contributed by atoms with Crippen LogP contribution in [0.2, 0.25) is 0 Å². The number of nitrogens with one attached hydrogen (secondary N) is 1. The minimum atomic E-state index is 0.137. The van der Waals surface area contributed by atoms with Crippen molar-refractivity contribution < 1.29 is 9.47 Å². The number of fused-ring (bicyclic) bond motifs is 3. The summed E-state index contributed by atoms with van der Waals surface area (Å²) in [4.78, 5) is 4.14. The van der Waals surface area contributed by atoms with Crippen LogP contribution in [0.4, 0.5) is 5.69 Å². The predicted molar refractivity (Wildman–Crippen MR) is 85.0 cm³/mol. The largest absolute Gasteiger partial charge is 0.497 e. The van der Waals surface area contributed by atoms with Crippen LogP contribution in [0.25, 0.3) is 0 Å². The lowest BCUT2D eigenvalue weighted by atomic mass is 9.77. The highest BCUT2D eigenvalue weighted by Gasteiger charge is 2.39. The molecule has 1 saturated heterocycles. The van der Waals surface area contributed by atoms with Crippen LogP contribution in [-0.4, -0.2) is 18.7 Å². The van der Waals surface area contributed by atoms with E-state index in [4.69, 9.17) is 9.47 Å². The molecule has 0 aliphatic carbocycles. The van der Waals surface area contributed by atoms with Crippen molar-refractivity contribution in [1.82, 2.24) is 4.98 Å². The number of anilines is 1. The predicted octanol–water partition coefficient (Wildman–Crippen LogP) is 3.72. The maximum Gasteiger partial charge on any atom is 0.119 e. The van der Waals surface area contributed by atoms with Gasteiger partial charge in [0.05, 0.1) is 19.3 Å². The molecular formula is C18H20N2O2. The zero-order valence-corrected chi connectivity index (χ0v) is 12.7. The Morgan fingerprint density at radius 3 is 2.91 bits per heavy atom. The number of nitrogens with zero attached hydrogens (tertiary/aromatic N) is 1. The fourth-order valence-electron chi connectivity index (χ4n) is 3.68. The molecule has 22 heavy (non-hydrogen) atoms. The second-order valence-corrected chi connectivity index (χ2v) is 5.95. The molecule has 3 atom stereocenters. The van der Waals surface area contributed by atoms with E-state index in [0.29, 0.717) is 5.92 Å². The molecule has 0 saturated carbocycles. The van der Waals surface area contributed by atoms with Gasteiger partial charge in [-0.2, -0.15) is 0 Å². The molecule has 1 aromatic heterocycles. The topological polar surface area (TPSA) is 43.4 Å². The number of hydrogen-bond acceptors (Lipinski definition) is 4. The summed E-state index contributed by atoms with van der Waals surface area (Å²) in [6.07, 6.45) is 6.14. The van der Waals surface area contributed by atoms with Gasteiger partial charge in [0.1, 0.15) is 5.75 Å². The molecule has 0 amide bonds. The van der Waals surface area contributed by atoms with Crippen LogP contribution in [0, 0.1) is 5.92 Å². The van der Waals surface area contributed by atoms with Crippen molar-refractivity contribution in [3.8, 4) is 5.75 Å². The number of ether oxygens (including phenoxy) is 2. The van der Waals surface area contributed by atoms with Crippen molar-refractivity contribution in [1.29, 1.82) is 0 Å². The van der Waals surface area contributed by atoms with Crippen LogP contribution in [0.15, 0.2) is 42.7 Å². The Morgan fingerprint density at radius 1 is 1.23 bits per heavy atom. The number of hydrogen-bond donors (Lipinski definition) is 1. The molecule has 3 heterocycles. The third kappa shape index (κ3) is 2.24. The SMILES string of the molecule is COc1ccc2c(c1)[C@H]1OCCC[C@H]1C(c1ccncc1)N2. The molecule has 2 aliphatic heterocycles. The van der Waals surface area contributed by atoms with Crippen LogP contribution in [0.3, 0.4) is 0 Å². The first kappa shape index (κ1) is 13.6. The van der Waals surface area contributed by atoms with Crippen LogP contribution >= 0.6 is 0 Å². The van der Waals surface area contributed by atoms with Gasteiger partial charge in [0, 0.05) is 36.2 Å². The van der Waals surface area contributed by atoms with Gasteiger partial charge in [-0.15, -0.1) is 0 Å². The maximum atomic E-state index is 6.15. The normalized spacial score (nSPS) is 26.5. The van der Waals surface area contributed by atoms with Crippen LogP contribution in [0.5, 0.6) is 5.75 Å². The van der Waals surface area contributed by atoms with Crippen molar-refractivity contribution in [3.63, 3.8) is 0 Å². The van der Waals surface area contributed by atoms with Gasteiger partial charge in [-0.05, 0) is 48.7 Å². The second-order valence-electron chi connectivity index (χ2n) is 5.95. The molecule has 0 bridgehead atoms. The molecule has 4 heteroatoms. The Hall–Kier alpha value is -2.07. The Kier molecular flexibility index (Phi) is 3.47. The second kappa shape index (κ2) is 5.61. The van der Waals surface area contributed by atoms with Gasteiger partial charge >= 0.3 is 0 Å². The average molecular weight is 296 g/mol. The van der Waals surface area contributed by atoms with E-state index in [1.807, 2.05) is 18.5 Å². The van der Waals surface area contributed by atoms with E-state index in [0.717, 1.165) is 24.5 Å². The van der Waals surface area contributed by atoms with Gasteiger partial charge in [0.15, 0.2) is 0 Å². The molecule has 4 rings (SSSR count).